The van der Waals surface area contributed by atoms with E-state index >= 15 is 0 Å². The van der Waals surface area contributed by atoms with Gasteiger partial charge in [0.2, 0.25) is 0 Å². The lowest BCUT2D eigenvalue weighted by atomic mass is 10.2. The lowest BCUT2D eigenvalue weighted by molar-refractivity contribution is 0.796. The van der Waals surface area contributed by atoms with E-state index in [0.29, 0.717) is 6.54 Å². The van der Waals surface area contributed by atoms with Crippen molar-refractivity contribution in [2.75, 3.05) is 13.6 Å². The second-order valence-electron chi connectivity index (χ2n) is 4.97. The molecule has 0 bridgehead atoms. The number of nitrogens with zero attached hydrogens (tertiary/aromatic N) is 2. The van der Waals surface area contributed by atoms with Crippen molar-refractivity contribution < 1.29 is 0 Å². The highest BCUT2D eigenvalue weighted by Gasteiger charge is 2.05. The zero-order chi connectivity index (χ0) is 15.9. The molecule has 1 aromatic heterocycles. The zero-order valence-corrected chi connectivity index (χ0v) is 17.4. The molecular weight excluding hydrogens is 443 g/mol. The average Bonchev–Trinajstić information content (AvgIpc) is 2.80. The van der Waals surface area contributed by atoms with Crippen molar-refractivity contribution in [1.82, 2.24) is 15.6 Å². The van der Waals surface area contributed by atoms with E-state index in [2.05, 4.69) is 27.5 Å². The molecule has 0 aliphatic carbocycles. The second-order valence-corrected chi connectivity index (χ2v) is 6.70. The van der Waals surface area contributed by atoms with Gasteiger partial charge in [-0.1, -0.05) is 23.7 Å². The Kier molecular flexibility index (Phi) is 8.86. The van der Waals surface area contributed by atoms with Crippen LogP contribution in [0.3, 0.4) is 0 Å². The molecule has 0 saturated carbocycles. The maximum atomic E-state index is 5.98. The van der Waals surface area contributed by atoms with Crippen LogP contribution in [0.5, 0.6) is 0 Å². The predicted molar refractivity (Wildman–Crippen MR) is 110 cm³/mol. The zero-order valence-electron chi connectivity index (χ0n) is 13.5. The Bertz CT molecular complexity index is 657. The van der Waals surface area contributed by atoms with Gasteiger partial charge in [0, 0.05) is 36.5 Å². The number of aryl methyl sites for hydroxylation is 2. The molecule has 1 heterocycles. The van der Waals surface area contributed by atoms with Gasteiger partial charge in [0.1, 0.15) is 0 Å². The van der Waals surface area contributed by atoms with Crippen LogP contribution in [-0.4, -0.2) is 24.5 Å². The number of halogens is 2. The van der Waals surface area contributed by atoms with E-state index in [1.54, 1.807) is 18.4 Å². The quantitative estimate of drug-likeness (QED) is 0.400. The van der Waals surface area contributed by atoms with Gasteiger partial charge in [-0.25, -0.2) is 4.98 Å². The summed E-state index contributed by atoms with van der Waals surface area (Å²) in [5.41, 5.74) is 2.26. The van der Waals surface area contributed by atoms with Crippen molar-refractivity contribution in [3.05, 3.63) is 50.4 Å². The van der Waals surface area contributed by atoms with Crippen LogP contribution in [0.1, 0.15) is 21.1 Å². The van der Waals surface area contributed by atoms with Crippen molar-refractivity contribution in [2.45, 2.75) is 26.8 Å². The largest absolute Gasteiger partial charge is 0.356 e. The van der Waals surface area contributed by atoms with Gasteiger partial charge in [-0.15, -0.1) is 35.3 Å². The van der Waals surface area contributed by atoms with E-state index in [1.165, 1.54) is 4.88 Å². The van der Waals surface area contributed by atoms with Crippen LogP contribution in [0, 0.1) is 13.8 Å². The van der Waals surface area contributed by atoms with Crippen LogP contribution < -0.4 is 10.6 Å². The van der Waals surface area contributed by atoms with Gasteiger partial charge in [0.25, 0.3) is 0 Å². The van der Waals surface area contributed by atoms with E-state index in [-0.39, 0.29) is 24.0 Å². The molecule has 0 aliphatic rings. The van der Waals surface area contributed by atoms with Gasteiger partial charge in [0.15, 0.2) is 5.96 Å². The first-order chi connectivity index (χ1) is 10.6. The molecule has 0 fully saturated rings. The van der Waals surface area contributed by atoms with E-state index in [4.69, 9.17) is 11.6 Å². The van der Waals surface area contributed by atoms with E-state index in [0.717, 1.165) is 40.2 Å². The average molecular weight is 465 g/mol. The summed E-state index contributed by atoms with van der Waals surface area (Å²) in [7, 11) is 1.77. The smallest absolute Gasteiger partial charge is 0.191 e. The number of benzene rings is 1. The van der Waals surface area contributed by atoms with Gasteiger partial charge in [0.05, 0.1) is 10.7 Å². The summed E-state index contributed by atoms with van der Waals surface area (Å²) in [6.45, 7) is 5.63. The standard InChI is InChI=1S/C16H21ClN4S.HI/c1-11-15(22-12(2)21-11)7-8-19-16(18-3)20-10-13-5-4-6-14(17)9-13;/h4-6,9H,7-8,10H2,1-3H3,(H2,18,19,20);1H. The van der Waals surface area contributed by atoms with Gasteiger partial charge in [-0.3, -0.25) is 4.99 Å². The van der Waals surface area contributed by atoms with E-state index < -0.39 is 0 Å². The minimum Gasteiger partial charge on any atom is -0.356 e. The van der Waals surface area contributed by atoms with Crippen LogP contribution in [0.15, 0.2) is 29.3 Å². The Morgan fingerprint density at radius 2 is 2.09 bits per heavy atom. The van der Waals surface area contributed by atoms with Crippen LogP contribution in [0.2, 0.25) is 5.02 Å². The normalized spacial score (nSPS) is 11.0. The van der Waals surface area contributed by atoms with Gasteiger partial charge < -0.3 is 10.6 Å². The van der Waals surface area contributed by atoms with Crippen LogP contribution >= 0.6 is 46.9 Å². The first-order valence-corrected chi connectivity index (χ1v) is 8.40. The molecule has 126 valence electrons. The van der Waals surface area contributed by atoms with Crippen LogP contribution in [0.4, 0.5) is 0 Å². The molecule has 0 aliphatic heterocycles. The molecule has 2 rings (SSSR count). The number of thiazole rings is 1. The molecule has 0 saturated heterocycles. The Balaban J connectivity index is 0.00000264. The molecule has 0 amide bonds. The topological polar surface area (TPSA) is 49.3 Å². The Labute approximate surface area is 163 Å². The minimum atomic E-state index is 0. The number of hydrogen-bond acceptors (Lipinski definition) is 3. The van der Waals surface area contributed by atoms with Gasteiger partial charge in [-0.2, -0.15) is 0 Å². The minimum absolute atomic E-state index is 0. The Morgan fingerprint density at radius 1 is 1.30 bits per heavy atom. The van der Waals surface area contributed by atoms with Crippen molar-refractivity contribution >= 4 is 52.9 Å². The number of rotatable bonds is 5. The number of hydrogen-bond donors (Lipinski definition) is 2. The maximum Gasteiger partial charge on any atom is 0.191 e. The van der Waals surface area contributed by atoms with Crippen molar-refractivity contribution in [3.63, 3.8) is 0 Å². The second kappa shape index (κ2) is 10.1. The summed E-state index contributed by atoms with van der Waals surface area (Å²) in [6, 6.07) is 7.81. The SMILES string of the molecule is CN=C(NCCc1sc(C)nc1C)NCc1cccc(Cl)c1.I. The van der Waals surface area contributed by atoms with Crippen LogP contribution in [-0.2, 0) is 13.0 Å². The molecule has 2 N–H and O–H groups in total. The number of aliphatic imine (C=N–C) groups is 1. The molecule has 1 aromatic carbocycles. The van der Waals surface area contributed by atoms with Gasteiger partial charge >= 0.3 is 0 Å². The molecule has 0 spiro atoms. The number of aromatic nitrogens is 1. The first kappa shape index (κ1) is 20.2. The first-order valence-electron chi connectivity index (χ1n) is 7.20. The summed E-state index contributed by atoms with van der Waals surface area (Å²) in [4.78, 5) is 10.0. The number of guanidine groups is 1. The van der Waals surface area contributed by atoms with Crippen LogP contribution in [0.25, 0.3) is 0 Å². The molecule has 0 atom stereocenters. The fourth-order valence-electron chi connectivity index (χ4n) is 2.15. The monoisotopic (exact) mass is 464 g/mol. The summed E-state index contributed by atoms with van der Waals surface area (Å²) < 4.78 is 0. The van der Waals surface area contributed by atoms with Crippen molar-refractivity contribution in [3.8, 4) is 0 Å². The Morgan fingerprint density at radius 3 is 2.70 bits per heavy atom. The lowest BCUT2D eigenvalue weighted by Crippen LogP contribution is -2.37. The fraction of sp³-hybridized carbons (Fsp3) is 0.375. The highest BCUT2D eigenvalue weighted by molar-refractivity contribution is 14.0. The number of nitrogens with one attached hydrogen (secondary N) is 2. The molecule has 23 heavy (non-hydrogen) atoms. The van der Waals surface area contributed by atoms with E-state index in [1.807, 2.05) is 31.2 Å². The molecule has 7 heteroatoms. The van der Waals surface area contributed by atoms with Crippen molar-refractivity contribution in [2.24, 2.45) is 4.99 Å². The summed E-state index contributed by atoms with van der Waals surface area (Å²) >= 11 is 7.74. The molecule has 4 nitrogen and oxygen atoms in total. The molecule has 0 radical (unpaired) electrons. The molecular formula is C16H22ClIN4S. The lowest BCUT2D eigenvalue weighted by Gasteiger charge is -2.11. The third-order valence-corrected chi connectivity index (χ3v) is 4.58. The molecule has 2 aromatic rings. The van der Waals surface area contributed by atoms with E-state index in [9.17, 15) is 0 Å². The summed E-state index contributed by atoms with van der Waals surface area (Å²) in [5, 5.41) is 8.48. The predicted octanol–water partition coefficient (Wildman–Crippen LogP) is 3.94. The Hall–Kier alpha value is -0.860. The maximum absolute atomic E-state index is 5.98. The highest BCUT2D eigenvalue weighted by atomic mass is 127. The third kappa shape index (κ3) is 6.64. The fourth-order valence-corrected chi connectivity index (χ4v) is 3.30. The summed E-state index contributed by atoms with van der Waals surface area (Å²) in [5.74, 6) is 0.791. The summed E-state index contributed by atoms with van der Waals surface area (Å²) in [6.07, 6.45) is 0.954. The van der Waals surface area contributed by atoms with Crippen molar-refractivity contribution in [1.29, 1.82) is 0 Å². The molecule has 0 unspecified atom stereocenters. The third-order valence-electron chi connectivity index (χ3n) is 3.22. The highest BCUT2D eigenvalue weighted by Crippen LogP contribution is 2.17. The van der Waals surface area contributed by atoms with Gasteiger partial charge in [-0.05, 0) is 31.5 Å².